The van der Waals surface area contributed by atoms with E-state index in [-0.39, 0.29) is 5.56 Å². The Hall–Kier alpha value is -1.98. The maximum Gasteiger partial charge on any atom is 0.271 e. The lowest BCUT2D eigenvalue weighted by Gasteiger charge is -2.07. The van der Waals surface area contributed by atoms with E-state index in [9.17, 15) is 4.79 Å². The van der Waals surface area contributed by atoms with E-state index in [0.717, 1.165) is 23.3 Å². The normalized spacial score (nSPS) is 11.0. The number of nitrogens with zero attached hydrogens (tertiary/aromatic N) is 2. The summed E-state index contributed by atoms with van der Waals surface area (Å²) in [7, 11) is 0. The molecule has 0 saturated heterocycles. The van der Waals surface area contributed by atoms with Gasteiger partial charge in [0.25, 0.3) is 5.56 Å². The molecular weight excluding hydrogens is 270 g/mol. The Bertz CT molecular complexity index is 748. The highest BCUT2D eigenvalue weighted by Gasteiger charge is 2.04. The minimum atomic E-state index is 0.0477. The Morgan fingerprint density at radius 1 is 1.20 bits per heavy atom. The standard InChI is InChI=1S/C15H15N3OS/c19-15-14-13(6-9-20-14)17-11-18(15)8-7-16-10-12-4-2-1-3-5-12/h1-6,9,11,16H,7-8,10H2. The van der Waals surface area contributed by atoms with Crippen molar-refractivity contribution >= 4 is 21.6 Å². The molecule has 0 bridgehead atoms. The molecule has 0 unspecified atom stereocenters. The first-order chi connectivity index (χ1) is 9.84. The van der Waals surface area contributed by atoms with E-state index in [2.05, 4.69) is 22.4 Å². The molecule has 2 aromatic heterocycles. The summed E-state index contributed by atoms with van der Waals surface area (Å²) < 4.78 is 2.40. The quantitative estimate of drug-likeness (QED) is 0.731. The molecule has 0 fully saturated rings. The van der Waals surface area contributed by atoms with E-state index in [0.29, 0.717) is 6.54 Å². The number of thiophene rings is 1. The van der Waals surface area contributed by atoms with Gasteiger partial charge in [-0.25, -0.2) is 4.98 Å². The Labute approximate surface area is 120 Å². The molecule has 3 aromatic rings. The Balaban J connectivity index is 1.60. The summed E-state index contributed by atoms with van der Waals surface area (Å²) >= 11 is 1.45. The van der Waals surface area contributed by atoms with E-state index < -0.39 is 0 Å². The van der Waals surface area contributed by atoms with Gasteiger partial charge in [0, 0.05) is 19.6 Å². The van der Waals surface area contributed by atoms with Gasteiger partial charge in [-0.2, -0.15) is 0 Å². The number of nitrogens with one attached hydrogen (secondary N) is 1. The van der Waals surface area contributed by atoms with Gasteiger partial charge in [0.05, 0.1) is 11.8 Å². The Morgan fingerprint density at radius 3 is 2.90 bits per heavy atom. The monoisotopic (exact) mass is 285 g/mol. The van der Waals surface area contributed by atoms with E-state index in [1.165, 1.54) is 16.9 Å². The van der Waals surface area contributed by atoms with Crippen molar-refractivity contribution in [1.82, 2.24) is 14.9 Å². The second kappa shape index (κ2) is 5.98. The second-order valence-electron chi connectivity index (χ2n) is 4.54. The predicted octanol–water partition coefficient (Wildman–Crippen LogP) is 2.25. The summed E-state index contributed by atoms with van der Waals surface area (Å²) in [5.41, 5.74) is 2.08. The molecule has 5 heteroatoms. The zero-order chi connectivity index (χ0) is 13.8. The zero-order valence-corrected chi connectivity index (χ0v) is 11.8. The average molecular weight is 285 g/mol. The smallest absolute Gasteiger partial charge is 0.271 e. The van der Waals surface area contributed by atoms with Crippen LogP contribution in [0, 0.1) is 0 Å². The van der Waals surface area contributed by atoms with Gasteiger partial charge in [0.1, 0.15) is 4.70 Å². The molecule has 3 rings (SSSR count). The largest absolute Gasteiger partial charge is 0.311 e. The molecule has 0 spiro atoms. The molecule has 1 N–H and O–H groups in total. The van der Waals surface area contributed by atoms with Crippen molar-refractivity contribution in [3.8, 4) is 0 Å². The molecule has 0 aliphatic rings. The van der Waals surface area contributed by atoms with Gasteiger partial charge < -0.3 is 5.32 Å². The van der Waals surface area contributed by atoms with Gasteiger partial charge in [-0.3, -0.25) is 9.36 Å². The third-order valence-electron chi connectivity index (χ3n) is 3.14. The fourth-order valence-electron chi connectivity index (χ4n) is 2.07. The number of hydrogen-bond donors (Lipinski definition) is 1. The lowest BCUT2D eigenvalue weighted by molar-refractivity contribution is 0.582. The minimum absolute atomic E-state index is 0.0477. The van der Waals surface area contributed by atoms with Gasteiger partial charge in [0.2, 0.25) is 0 Å². The maximum atomic E-state index is 12.2. The van der Waals surface area contributed by atoms with E-state index in [1.54, 1.807) is 10.9 Å². The van der Waals surface area contributed by atoms with Crippen molar-refractivity contribution in [1.29, 1.82) is 0 Å². The lowest BCUT2D eigenvalue weighted by atomic mass is 10.2. The topological polar surface area (TPSA) is 46.9 Å². The number of fused-ring (bicyclic) bond motifs is 1. The first kappa shape index (κ1) is 13.0. The number of hydrogen-bond acceptors (Lipinski definition) is 4. The summed E-state index contributed by atoms with van der Waals surface area (Å²) in [4.78, 5) is 16.4. The molecule has 0 aliphatic heterocycles. The van der Waals surface area contributed by atoms with E-state index in [4.69, 9.17) is 0 Å². The second-order valence-corrected chi connectivity index (χ2v) is 5.46. The van der Waals surface area contributed by atoms with Gasteiger partial charge in [0.15, 0.2) is 0 Å². The van der Waals surface area contributed by atoms with Crippen LogP contribution in [0.1, 0.15) is 5.56 Å². The molecular formula is C15H15N3OS. The highest BCUT2D eigenvalue weighted by molar-refractivity contribution is 7.17. The molecule has 1 aromatic carbocycles. The Kier molecular flexibility index (Phi) is 3.90. The molecule has 102 valence electrons. The van der Waals surface area contributed by atoms with Crippen LogP contribution in [0.15, 0.2) is 52.9 Å². The van der Waals surface area contributed by atoms with Crippen molar-refractivity contribution in [2.24, 2.45) is 0 Å². The number of benzene rings is 1. The third-order valence-corrected chi connectivity index (χ3v) is 4.03. The molecule has 2 heterocycles. The molecule has 20 heavy (non-hydrogen) atoms. The summed E-state index contributed by atoms with van der Waals surface area (Å²) in [6.07, 6.45) is 1.63. The average Bonchev–Trinajstić information content (AvgIpc) is 2.96. The zero-order valence-electron chi connectivity index (χ0n) is 11.0. The summed E-state index contributed by atoms with van der Waals surface area (Å²) in [6, 6.07) is 12.1. The number of aromatic nitrogens is 2. The molecule has 4 nitrogen and oxygen atoms in total. The summed E-state index contributed by atoms with van der Waals surface area (Å²) in [6.45, 7) is 2.18. The fourth-order valence-corrected chi connectivity index (χ4v) is 2.86. The van der Waals surface area contributed by atoms with Crippen LogP contribution < -0.4 is 10.9 Å². The van der Waals surface area contributed by atoms with Crippen molar-refractivity contribution in [2.45, 2.75) is 13.1 Å². The molecule has 0 aliphatic carbocycles. The van der Waals surface area contributed by atoms with Gasteiger partial charge >= 0.3 is 0 Å². The van der Waals surface area contributed by atoms with Crippen LogP contribution in [0.25, 0.3) is 10.2 Å². The van der Waals surface area contributed by atoms with Crippen LogP contribution in [0.3, 0.4) is 0 Å². The molecule has 0 saturated carbocycles. The summed E-state index contributed by atoms with van der Waals surface area (Å²) in [5, 5.41) is 5.24. The fraction of sp³-hybridized carbons (Fsp3) is 0.200. The highest BCUT2D eigenvalue weighted by Crippen LogP contribution is 2.12. The van der Waals surface area contributed by atoms with Crippen molar-refractivity contribution in [3.05, 3.63) is 64.0 Å². The summed E-state index contributed by atoms with van der Waals surface area (Å²) in [5.74, 6) is 0. The molecule has 0 amide bonds. The number of rotatable bonds is 5. The van der Waals surface area contributed by atoms with Gasteiger partial charge in [-0.05, 0) is 17.0 Å². The van der Waals surface area contributed by atoms with Crippen molar-refractivity contribution in [3.63, 3.8) is 0 Å². The van der Waals surface area contributed by atoms with Crippen LogP contribution in [0.5, 0.6) is 0 Å². The van der Waals surface area contributed by atoms with Crippen LogP contribution >= 0.6 is 11.3 Å². The van der Waals surface area contributed by atoms with E-state index >= 15 is 0 Å². The predicted molar refractivity (Wildman–Crippen MR) is 82.0 cm³/mol. The van der Waals surface area contributed by atoms with Gasteiger partial charge in [-0.15, -0.1) is 11.3 Å². The first-order valence-corrected chi connectivity index (χ1v) is 7.40. The Morgan fingerprint density at radius 2 is 2.05 bits per heavy atom. The highest BCUT2D eigenvalue weighted by atomic mass is 32.1. The van der Waals surface area contributed by atoms with Crippen molar-refractivity contribution in [2.75, 3.05) is 6.54 Å². The lowest BCUT2D eigenvalue weighted by Crippen LogP contribution is -2.26. The van der Waals surface area contributed by atoms with Crippen LogP contribution in [0.4, 0.5) is 0 Å². The van der Waals surface area contributed by atoms with Crippen LogP contribution in [-0.2, 0) is 13.1 Å². The molecule has 0 atom stereocenters. The van der Waals surface area contributed by atoms with Crippen LogP contribution in [-0.4, -0.2) is 16.1 Å². The van der Waals surface area contributed by atoms with Crippen LogP contribution in [0.2, 0.25) is 0 Å². The minimum Gasteiger partial charge on any atom is -0.311 e. The van der Waals surface area contributed by atoms with Gasteiger partial charge in [-0.1, -0.05) is 30.3 Å². The maximum absolute atomic E-state index is 12.2. The van der Waals surface area contributed by atoms with E-state index in [1.807, 2.05) is 29.6 Å². The molecule has 0 radical (unpaired) electrons. The SMILES string of the molecule is O=c1c2sccc2ncn1CCNCc1ccccc1. The van der Waals surface area contributed by atoms with Crippen molar-refractivity contribution < 1.29 is 0 Å². The first-order valence-electron chi connectivity index (χ1n) is 6.52. The third kappa shape index (κ3) is 2.79.